The fraction of sp³-hybridized carbons (Fsp3) is 0.152. The Morgan fingerprint density at radius 1 is 0.784 bits per heavy atom. The van der Waals surface area contributed by atoms with E-state index in [-0.39, 0.29) is 5.37 Å². The zero-order chi connectivity index (χ0) is 25.2. The number of benzene rings is 4. The maximum Gasteiger partial charge on any atom is 0.0991 e. The quantitative estimate of drug-likeness (QED) is 0.235. The Kier molecular flexibility index (Phi) is 6.86. The third-order valence-corrected chi connectivity index (χ3v) is 9.32. The molecule has 184 valence electrons. The van der Waals surface area contributed by atoms with Crippen LogP contribution in [0.4, 0.5) is 11.4 Å². The Labute approximate surface area is 228 Å². The second-order valence-corrected chi connectivity index (χ2v) is 11.3. The Morgan fingerprint density at radius 2 is 1.51 bits per heavy atom. The SMILES string of the molecule is CCN1C(=CC=CC(=CC2Sc3ccccc3N2CC)c2cccc3ccccc23)Sc2ccccc21. The molecule has 6 rings (SSSR count). The molecule has 2 nitrogen and oxygen atoms in total. The molecule has 4 aromatic carbocycles. The molecule has 0 N–H and O–H groups in total. The molecule has 0 saturated carbocycles. The number of para-hydroxylation sites is 2. The minimum absolute atomic E-state index is 0.255. The fourth-order valence-corrected chi connectivity index (χ4v) is 7.67. The normalized spacial score (nSPS) is 18.3. The Bertz CT molecular complexity index is 1530. The molecule has 1 atom stereocenters. The molecule has 2 aliphatic rings. The van der Waals surface area contributed by atoms with Crippen molar-refractivity contribution in [1.82, 2.24) is 0 Å². The maximum absolute atomic E-state index is 2.50. The lowest BCUT2D eigenvalue weighted by Crippen LogP contribution is -2.27. The minimum Gasteiger partial charge on any atom is -0.355 e. The number of hydrogen-bond donors (Lipinski definition) is 0. The van der Waals surface area contributed by atoms with Gasteiger partial charge < -0.3 is 9.80 Å². The molecule has 37 heavy (non-hydrogen) atoms. The number of thioether (sulfide) groups is 2. The lowest BCUT2D eigenvalue weighted by molar-refractivity contribution is 0.879. The first-order valence-corrected chi connectivity index (χ1v) is 14.6. The molecular weight excluding hydrogens is 489 g/mol. The molecule has 2 aliphatic heterocycles. The van der Waals surface area contributed by atoms with E-state index in [1.54, 1.807) is 0 Å². The Balaban J connectivity index is 1.40. The molecule has 2 heterocycles. The number of fused-ring (bicyclic) bond motifs is 3. The summed E-state index contributed by atoms with van der Waals surface area (Å²) in [6.07, 6.45) is 9.23. The van der Waals surface area contributed by atoms with E-state index in [1.807, 2.05) is 23.5 Å². The van der Waals surface area contributed by atoms with Gasteiger partial charge in [-0.05, 0) is 72.2 Å². The van der Waals surface area contributed by atoms with Gasteiger partial charge in [-0.1, -0.05) is 102 Å². The lowest BCUT2D eigenvalue weighted by Gasteiger charge is -2.23. The smallest absolute Gasteiger partial charge is 0.0991 e. The van der Waals surface area contributed by atoms with Crippen LogP contribution in [0.3, 0.4) is 0 Å². The number of allylic oxidation sites excluding steroid dienone is 4. The van der Waals surface area contributed by atoms with E-state index in [9.17, 15) is 0 Å². The van der Waals surface area contributed by atoms with Crippen LogP contribution in [0.15, 0.2) is 130 Å². The summed E-state index contributed by atoms with van der Waals surface area (Å²) in [6.45, 7) is 6.39. The summed E-state index contributed by atoms with van der Waals surface area (Å²) in [5.41, 5.74) is 5.16. The van der Waals surface area contributed by atoms with Crippen molar-refractivity contribution in [3.8, 4) is 0 Å². The average Bonchev–Trinajstić information content (AvgIpc) is 3.49. The van der Waals surface area contributed by atoms with Crippen LogP contribution in [0.25, 0.3) is 16.3 Å². The summed E-state index contributed by atoms with van der Waals surface area (Å²) in [7, 11) is 0. The van der Waals surface area contributed by atoms with Gasteiger partial charge in [0.25, 0.3) is 0 Å². The van der Waals surface area contributed by atoms with E-state index < -0.39 is 0 Å². The van der Waals surface area contributed by atoms with Gasteiger partial charge in [-0.25, -0.2) is 0 Å². The van der Waals surface area contributed by atoms with Gasteiger partial charge in [-0.15, -0.1) is 0 Å². The van der Waals surface area contributed by atoms with Crippen LogP contribution in [0, 0.1) is 0 Å². The van der Waals surface area contributed by atoms with Crippen molar-refractivity contribution >= 4 is 51.2 Å². The minimum atomic E-state index is 0.255. The molecule has 4 aromatic rings. The van der Waals surface area contributed by atoms with E-state index in [1.165, 1.54) is 48.1 Å². The first kappa shape index (κ1) is 24.0. The van der Waals surface area contributed by atoms with Crippen LogP contribution < -0.4 is 9.80 Å². The lowest BCUT2D eigenvalue weighted by atomic mass is 9.97. The topological polar surface area (TPSA) is 6.48 Å². The van der Waals surface area contributed by atoms with Gasteiger partial charge >= 0.3 is 0 Å². The highest BCUT2D eigenvalue weighted by molar-refractivity contribution is 8.03. The van der Waals surface area contributed by atoms with Gasteiger partial charge in [-0.2, -0.15) is 0 Å². The van der Waals surface area contributed by atoms with E-state index >= 15 is 0 Å². The van der Waals surface area contributed by atoms with Crippen molar-refractivity contribution in [3.63, 3.8) is 0 Å². The Morgan fingerprint density at radius 3 is 2.35 bits per heavy atom. The monoisotopic (exact) mass is 518 g/mol. The van der Waals surface area contributed by atoms with Crippen LogP contribution in [-0.4, -0.2) is 18.5 Å². The van der Waals surface area contributed by atoms with Gasteiger partial charge in [-0.3, -0.25) is 0 Å². The first-order valence-electron chi connectivity index (χ1n) is 12.9. The molecule has 0 spiro atoms. The van der Waals surface area contributed by atoms with E-state index in [0.717, 1.165) is 13.1 Å². The third kappa shape index (κ3) is 4.60. The number of anilines is 2. The highest BCUT2D eigenvalue weighted by Crippen LogP contribution is 2.46. The third-order valence-electron chi connectivity index (χ3n) is 6.96. The van der Waals surface area contributed by atoms with Crippen LogP contribution in [0.1, 0.15) is 19.4 Å². The zero-order valence-corrected chi connectivity index (χ0v) is 22.8. The summed E-state index contributed by atoms with van der Waals surface area (Å²) in [5, 5.41) is 4.09. The predicted molar refractivity (Wildman–Crippen MR) is 164 cm³/mol. The predicted octanol–water partition coefficient (Wildman–Crippen LogP) is 9.21. The fourth-order valence-electron chi connectivity index (χ4n) is 5.20. The van der Waals surface area contributed by atoms with E-state index in [0.29, 0.717) is 0 Å². The highest BCUT2D eigenvalue weighted by Gasteiger charge is 2.27. The van der Waals surface area contributed by atoms with Crippen molar-refractivity contribution in [2.75, 3.05) is 22.9 Å². The van der Waals surface area contributed by atoms with Crippen molar-refractivity contribution in [3.05, 3.63) is 126 Å². The number of rotatable bonds is 6. The molecule has 4 heteroatoms. The summed E-state index contributed by atoms with van der Waals surface area (Å²) in [4.78, 5) is 7.58. The summed E-state index contributed by atoms with van der Waals surface area (Å²) in [5.74, 6) is 0. The van der Waals surface area contributed by atoms with Gasteiger partial charge in [0.05, 0.1) is 21.8 Å². The molecule has 0 fully saturated rings. The highest BCUT2D eigenvalue weighted by atomic mass is 32.2. The Hall–Kier alpha value is -3.34. The maximum atomic E-state index is 2.50. The largest absolute Gasteiger partial charge is 0.355 e. The average molecular weight is 519 g/mol. The molecule has 0 radical (unpaired) electrons. The number of likely N-dealkylation sites (N-methyl/N-ethyl adjacent to an activating group) is 1. The second-order valence-electron chi connectivity index (χ2n) is 9.09. The molecular formula is C33H30N2S2. The van der Waals surface area contributed by atoms with Crippen LogP contribution >= 0.6 is 23.5 Å². The number of nitrogens with zero attached hydrogens (tertiary/aromatic N) is 2. The van der Waals surface area contributed by atoms with Crippen LogP contribution in [0.5, 0.6) is 0 Å². The van der Waals surface area contributed by atoms with Gasteiger partial charge in [0.1, 0.15) is 0 Å². The summed E-state index contributed by atoms with van der Waals surface area (Å²) in [6, 6.07) is 32.8. The van der Waals surface area contributed by atoms with E-state index in [4.69, 9.17) is 0 Å². The van der Waals surface area contributed by atoms with Crippen molar-refractivity contribution in [2.45, 2.75) is 29.0 Å². The molecule has 1 unspecified atom stereocenters. The molecule has 0 aromatic heterocycles. The van der Waals surface area contributed by atoms with Gasteiger partial charge in [0, 0.05) is 22.9 Å². The standard InChI is InChI=1S/C33H30N2S2/c1-3-34-28-18-7-9-20-30(28)36-32(34)22-12-15-25(27-17-11-14-24-13-5-6-16-26(24)27)23-33-35(4-2)29-19-8-10-21-31(29)37-33/h5-23,33H,3-4H2,1-2H3. The molecule has 0 aliphatic carbocycles. The van der Waals surface area contributed by atoms with Crippen LogP contribution in [0.2, 0.25) is 0 Å². The molecule has 0 amide bonds. The van der Waals surface area contributed by atoms with Crippen molar-refractivity contribution < 1.29 is 0 Å². The number of hydrogen-bond acceptors (Lipinski definition) is 4. The first-order chi connectivity index (χ1) is 18.3. The van der Waals surface area contributed by atoms with Crippen LogP contribution in [-0.2, 0) is 0 Å². The molecule has 0 bridgehead atoms. The molecule has 0 saturated heterocycles. The zero-order valence-electron chi connectivity index (χ0n) is 21.2. The van der Waals surface area contributed by atoms with Gasteiger partial charge in [0.15, 0.2) is 0 Å². The summed E-state index contributed by atoms with van der Waals surface area (Å²) >= 11 is 3.79. The van der Waals surface area contributed by atoms with Crippen molar-refractivity contribution in [2.24, 2.45) is 0 Å². The van der Waals surface area contributed by atoms with E-state index in [2.05, 4.69) is 139 Å². The second kappa shape index (κ2) is 10.6. The van der Waals surface area contributed by atoms with Gasteiger partial charge in [0.2, 0.25) is 0 Å². The van der Waals surface area contributed by atoms with Crippen molar-refractivity contribution in [1.29, 1.82) is 0 Å². The summed E-state index contributed by atoms with van der Waals surface area (Å²) < 4.78 is 0.